The average Bonchev–Trinajstić information content (AvgIpc) is 2.54. The van der Waals surface area contributed by atoms with Gasteiger partial charge in [-0.05, 0) is 55.7 Å². The van der Waals surface area contributed by atoms with Crippen LogP contribution in [0.25, 0.3) is 0 Å². The van der Waals surface area contributed by atoms with Gasteiger partial charge >= 0.3 is 0 Å². The fourth-order valence-corrected chi connectivity index (χ4v) is 2.90. The van der Waals surface area contributed by atoms with Crippen LogP contribution >= 0.6 is 0 Å². The Balaban J connectivity index is 1.98. The van der Waals surface area contributed by atoms with Crippen molar-refractivity contribution in [3.05, 3.63) is 53.6 Å². The van der Waals surface area contributed by atoms with Gasteiger partial charge in [0.05, 0.1) is 12.2 Å². The first-order valence-corrected chi connectivity index (χ1v) is 7.63. The molecule has 1 aliphatic rings. The number of anilines is 2. The zero-order chi connectivity index (χ0) is 15.5. The van der Waals surface area contributed by atoms with Gasteiger partial charge in [-0.15, -0.1) is 0 Å². The molecule has 0 atom stereocenters. The van der Waals surface area contributed by atoms with E-state index < -0.39 is 0 Å². The maximum Gasteiger partial charge on any atom is 0.262 e. The molecule has 0 bridgehead atoms. The quantitative estimate of drug-likeness (QED) is 0.884. The summed E-state index contributed by atoms with van der Waals surface area (Å²) >= 11 is 0. The van der Waals surface area contributed by atoms with E-state index in [0.29, 0.717) is 17.9 Å². The number of hydrogen-bond donors (Lipinski definition) is 1. The second-order valence-corrected chi connectivity index (χ2v) is 5.38. The fraction of sp³-hybridized carbons (Fsp3) is 0.278. The van der Waals surface area contributed by atoms with E-state index >= 15 is 0 Å². The van der Waals surface area contributed by atoms with Crippen LogP contribution < -0.4 is 15.4 Å². The number of aryl methyl sites for hydroxylation is 1. The smallest absolute Gasteiger partial charge is 0.262 e. The van der Waals surface area contributed by atoms with Crippen LogP contribution in [0, 0.1) is 0 Å². The molecule has 1 aliphatic heterocycles. The number of benzene rings is 2. The molecule has 0 aliphatic carbocycles. The zero-order valence-corrected chi connectivity index (χ0v) is 12.7. The normalized spacial score (nSPS) is 13.6. The van der Waals surface area contributed by atoms with Gasteiger partial charge in [-0.3, -0.25) is 4.79 Å². The van der Waals surface area contributed by atoms with Crippen LogP contribution in [0.2, 0.25) is 0 Å². The van der Waals surface area contributed by atoms with E-state index in [2.05, 4.69) is 0 Å². The Morgan fingerprint density at radius 1 is 1.27 bits per heavy atom. The number of carbonyl (C=O) groups excluding carboxylic acids is 1. The Hall–Kier alpha value is -2.49. The molecule has 2 aromatic rings. The summed E-state index contributed by atoms with van der Waals surface area (Å²) in [6, 6.07) is 13.1. The Morgan fingerprint density at radius 3 is 2.91 bits per heavy atom. The Morgan fingerprint density at radius 2 is 2.09 bits per heavy atom. The Labute approximate surface area is 130 Å². The van der Waals surface area contributed by atoms with Crippen LogP contribution in [-0.2, 0) is 6.42 Å². The second-order valence-electron chi connectivity index (χ2n) is 5.38. The van der Waals surface area contributed by atoms with E-state index in [4.69, 9.17) is 10.5 Å². The van der Waals surface area contributed by atoms with Gasteiger partial charge in [0.2, 0.25) is 0 Å². The molecule has 0 aromatic heterocycles. The van der Waals surface area contributed by atoms with Gasteiger partial charge in [0.15, 0.2) is 0 Å². The summed E-state index contributed by atoms with van der Waals surface area (Å²) in [6.45, 7) is 3.17. The number of nitrogens with two attached hydrogens (primary N) is 1. The van der Waals surface area contributed by atoms with E-state index in [1.165, 1.54) is 0 Å². The van der Waals surface area contributed by atoms with E-state index in [9.17, 15) is 4.79 Å². The lowest BCUT2D eigenvalue weighted by Gasteiger charge is -2.30. The first-order chi connectivity index (χ1) is 10.7. The van der Waals surface area contributed by atoms with Crippen molar-refractivity contribution in [1.82, 2.24) is 0 Å². The molecule has 0 saturated carbocycles. The number of rotatable bonds is 3. The lowest BCUT2D eigenvalue weighted by molar-refractivity contribution is 0.0981. The summed E-state index contributed by atoms with van der Waals surface area (Å²) in [7, 11) is 0. The van der Waals surface area contributed by atoms with Crippen LogP contribution in [0.4, 0.5) is 11.4 Å². The minimum atomic E-state index is -0.0187. The number of fused-ring (bicyclic) bond motifs is 1. The monoisotopic (exact) mass is 296 g/mol. The van der Waals surface area contributed by atoms with Gasteiger partial charge in [-0.2, -0.15) is 0 Å². The third-order valence-electron chi connectivity index (χ3n) is 3.88. The molecular weight excluding hydrogens is 276 g/mol. The molecule has 3 rings (SSSR count). The highest BCUT2D eigenvalue weighted by Gasteiger charge is 2.25. The third kappa shape index (κ3) is 2.64. The van der Waals surface area contributed by atoms with Crippen LogP contribution in [0.15, 0.2) is 42.5 Å². The average molecular weight is 296 g/mol. The molecule has 2 N–H and O–H groups in total. The summed E-state index contributed by atoms with van der Waals surface area (Å²) in [5.74, 6) is 0.618. The maximum absolute atomic E-state index is 13.0. The predicted octanol–water partition coefficient (Wildman–Crippen LogP) is 3.26. The fourth-order valence-electron chi connectivity index (χ4n) is 2.90. The Kier molecular flexibility index (Phi) is 4.00. The van der Waals surface area contributed by atoms with E-state index in [1.807, 2.05) is 54.3 Å². The van der Waals surface area contributed by atoms with Gasteiger partial charge in [0.25, 0.3) is 5.91 Å². The molecule has 0 radical (unpaired) electrons. The third-order valence-corrected chi connectivity index (χ3v) is 3.88. The van der Waals surface area contributed by atoms with Crippen LogP contribution in [0.5, 0.6) is 5.75 Å². The molecule has 1 amide bonds. The summed E-state index contributed by atoms with van der Waals surface area (Å²) in [5, 5.41) is 0. The van der Waals surface area contributed by atoms with Gasteiger partial charge < -0.3 is 15.4 Å². The highest BCUT2D eigenvalue weighted by atomic mass is 16.5. The van der Waals surface area contributed by atoms with Crippen LogP contribution in [-0.4, -0.2) is 19.1 Å². The predicted molar refractivity (Wildman–Crippen MR) is 88.5 cm³/mol. The van der Waals surface area contributed by atoms with Crippen LogP contribution in [0.1, 0.15) is 29.3 Å². The second kappa shape index (κ2) is 6.10. The molecular formula is C18H20N2O2. The number of ether oxygens (including phenoxy) is 1. The van der Waals surface area contributed by atoms with Crippen molar-refractivity contribution in [2.75, 3.05) is 23.8 Å². The van der Waals surface area contributed by atoms with Crippen molar-refractivity contribution in [3.8, 4) is 5.75 Å². The summed E-state index contributed by atoms with van der Waals surface area (Å²) in [5.41, 5.74) is 9.29. The van der Waals surface area contributed by atoms with Gasteiger partial charge in [-0.1, -0.05) is 12.1 Å². The van der Waals surface area contributed by atoms with Gasteiger partial charge in [-0.25, -0.2) is 0 Å². The molecule has 4 nitrogen and oxygen atoms in total. The standard InChI is InChI=1S/C18H20N2O2/c1-2-22-17-8-4-3-7-15(17)18(21)20-11-5-6-13-12-14(19)9-10-16(13)20/h3-4,7-10,12H,2,5-6,11,19H2,1H3. The maximum atomic E-state index is 13.0. The minimum absolute atomic E-state index is 0.0187. The van der Waals surface area contributed by atoms with E-state index in [-0.39, 0.29) is 5.91 Å². The van der Waals surface area contributed by atoms with E-state index in [1.54, 1.807) is 0 Å². The van der Waals surface area contributed by atoms with Crippen molar-refractivity contribution >= 4 is 17.3 Å². The number of carbonyl (C=O) groups is 1. The van der Waals surface area contributed by atoms with Crippen molar-refractivity contribution in [1.29, 1.82) is 0 Å². The Bertz CT molecular complexity index is 697. The highest BCUT2D eigenvalue weighted by Crippen LogP contribution is 2.31. The molecule has 1 heterocycles. The number of nitrogen functional groups attached to an aromatic ring is 1. The van der Waals surface area contributed by atoms with Gasteiger partial charge in [0.1, 0.15) is 5.75 Å². The molecule has 0 fully saturated rings. The van der Waals surface area contributed by atoms with E-state index in [0.717, 1.165) is 36.3 Å². The van der Waals surface area contributed by atoms with Crippen LogP contribution in [0.3, 0.4) is 0 Å². The summed E-state index contributed by atoms with van der Waals surface area (Å²) in [6.07, 6.45) is 1.90. The number of para-hydroxylation sites is 1. The highest BCUT2D eigenvalue weighted by molar-refractivity contribution is 6.08. The molecule has 0 spiro atoms. The first-order valence-electron chi connectivity index (χ1n) is 7.63. The summed E-state index contributed by atoms with van der Waals surface area (Å²) < 4.78 is 5.59. The SMILES string of the molecule is CCOc1ccccc1C(=O)N1CCCc2cc(N)ccc21. The first kappa shape index (κ1) is 14.4. The van der Waals surface area contributed by atoms with Gasteiger partial charge in [0, 0.05) is 17.9 Å². The zero-order valence-electron chi connectivity index (χ0n) is 12.7. The van der Waals surface area contributed by atoms with Crippen molar-refractivity contribution in [3.63, 3.8) is 0 Å². The molecule has 4 heteroatoms. The number of nitrogens with zero attached hydrogens (tertiary/aromatic N) is 1. The molecule has 2 aromatic carbocycles. The molecule has 22 heavy (non-hydrogen) atoms. The summed E-state index contributed by atoms with van der Waals surface area (Å²) in [4.78, 5) is 14.8. The molecule has 114 valence electrons. The lowest BCUT2D eigenvalue weighted by atomic mass is 10.00. The van der Waals surface area contributed by atoms with Crippen molar-refractivity contribution < 1.29 is 9.53 Å². The topological polar surface area (TPSA) is 55.6 Å². The number of amides is 1. The molecule has 0 unspecified atom stereocenters. The minimum Gasteiger partial charge on any atom is -0.493 e. The molecule has 0 saturated heterocycles. The van der Waals surface area contributed by atoms with Crippen molar-refractivity contribution in [2.45, 2.75) is 19.8 Å². The number of hydrogen-bond acceptors (Lipinski definition) is 3. The largest absolute Gasteiger partial charge is 0.493 e. The van der Waals surface area contributed by atoms with Crippen molar-refractivity contribution in [2.24, 2.45) is 0 Å². The lowest BCUT2D eigenvalue weighted by Crippen LogP contribution is -2.35.